The molecule has 1 aromatic heterocycles. The fourth-order valence-corrected chi connectivity index (χ4v) is 4.72. The van der Waals surface area contributed by atoms with Gasteiger partial charge in [0.1, 0.15) is 23.3 Å². The summed E-state index contributed by atoms with van der Waals surface area (Å²) in [6.45, 7) is 5.99. The van der Waals surface area contributed by atoms with Crippen molar-refractivity contribution in [2.45, 2.75) is 25.1 Å². The number of pyridine rings is 1. The maximum atomic E-state index is 13.7. The fourth-order valence-electron chi connectivity index (χ4n) is 4.72. The van der Waals surface area contributed by atoms with Gasteiger partial charge in [-0.2, -0.15) is 13.2 Å². The summed E-state index contributed by atoms with van der Waals surface area (Å²) >= 11 is 0. The summed E-state index contributed by atoms with van der Waals surface area (Å²) in [5.74, 6) is 0.237. The lowest BCUT2D eigenvalue weighted by Crippen LogP contribution is -2.49. The summed E-state index contributed by atoms with van der Waals surface area (Å²) in [5.41, 5.74) is 12.0. The fraction of sp³-hybridized carbons (Fsp3) is 0.385. The number of alkyl halides is 3. The number of anilines is 2. The van der Waals surface area contributed by atoms with Crippen LogP contribution in [0.3, 0.4) is 0 Å². The number of hydrogen-bond acceptors (Lipinski definition) is 7. The summed E-state index contributed by atoms with van der Waals surface area (Å²) in [5, 5.41) is 9.72. The molecule has 38 heavy (non-hydrogen) atoms. The van der Waals surface area contributed by atoms with E-state index in [0.29, 0.717) is 36.9 Å². The minimum absolute atomic E-state index is 0.0268. The minimum Gasteiger partial charge on any atom is -0.398 e. The zero-order valence-electron chi connectivity index (χ0n) is 20.8. The van der Waals surface area contributed by atoms with E-state index >= 15 is 0 Å². The highest BCUT2D eigenvalue weighted by molar-refractivity contribution is 5.99. The van der Waals surface area contributed by atoms with Crippen molar-refractivity contribution in [3.05, 3.63) is 71.9 Å². The van der Waals surface area contributed by atoms with Crippen molar-refractivity contribution in [3.8, 4) is 0 Å². The van der Waals surface area contributed by atoms with Gasteiger partial charge in [-0.15, -0.1) is 0 Å². The van der Waals surface area contributed by atoms with Crippen molar-refractivity contribution < 1.29 is 22.7 Å². The number of rotatable bonds is 6. The zero-order chi connectivity index (χ0) is 27.4. The van der Waals surface area contributed by atoms with Gasteiger partial charge >= 0.3 is 6.18 Å². The first-order chi connectivity index (χ1) is 18.1. The second-order valence-corrected chi connectivity index (χ2v) is 9.24. The van der Waals surface area contributed by atoms with Gasteiger partial charge in [-0.1, -0.05) is 6.58 Å². The van der Waals surface area contributed by atoms with Crippen LogP contribution in [-0.2, 0) is 6.18 Å². The van der Waals surface area contributed by atoms with Gasteiger partial charge < -0.3 is 31.3 Å². The number of nitrogens with two attached hydrogens (primary N) is 2. The maximum absolute atomic E-state index is 13.7. The molecular formula is C26H31F4N7O. The lowest BCUT2D eigenvalue weighted by molar-refractivity contribution is -0.137. The highest BCUT2D eigenvalue weighted by Crippen LogP contribution is 2.35. The summed E-state index contributed by atoms with van der Waals surface area (Å²) in [7, 11) is 0. The van der Waals surface area contributed by atoms with Crippen LogP contribution in [-0.4, -0.2) is 71.1 Å². The van der Waals surface area contributed by atoms with E-state index in [0.717, 1.165) is 18.9 Å². The summed E-state index contributed by atoms with van der Waals surface area (Å²) in [4.78, 5) is 14.2. The highest BCUT2D eigenvalue weighted by Gasteiger charge is 2.36. The van der Waals surface area contributed by atoms with Gasteiger partial charge in [0.2, 0.25) is 0 Å². The van der Waals surface area contributed by atoms with Gasteiger partial charge in [0, 0.05) is 50.7 Å². The molecule has 0 aliphatic carbocycles. The monoisotopic (exact) mass is 533 g/mol. The lowest BCUT2D eigenvalue weighted by atomic mass is 10.1. The van der Waals surface area contributed by atoms with Crippen molar-refractivity contribution in [1.82, 2.24) is 14.8 Å². The number of nitrogens with zero attached hydrogens (tertiary/aromatic N) is 5. The van der Waals surface area contributed by atoms with E-state index in [4.69, 9.17) is 16.5 Å². The average Bonchev–Trinajstić information content (AvgIpc) is 3.39. The molecule has 0 unspecified atom stereocenters. The zero-order valence-corrected chi connectivity index (χ0v) is 20.8. The first-order valence-corrected chi connectivity index (χ1v) is 12.3. The van der Waals surface area contributed by atoms with Crippen molar-refractivity contribution in [1.29, 1.82) is 0 Å². The second-order valence-electron chi connectivity index (χ2n) is 9.24. The van der Waals surface area contributed by atoms with E-state index in [9.17, 15) is 22.7 Å². The number of piperazine rings is 1. The Bertz CT molecular complexity index is 1220. The molecule has 2 aliphatic rings. The smallest absolute Gasteiger partial charge is 0.398 e. The molecule has 1 atom stereocenters. The third-order valence-corrected chi connectivity index (χ3v) is 6.77. The number of aliphatic imine (C=N–C) groups is 1. The van der Waals surface area contributed by atoms with E-state index in [1.54, 1.807) is 11.0 Å². The number of aromatic nitrogens is 1. The number of halogens is 4. The van der Waals surface area contributed by atoms with Crippen LogP contribution in [0.4, 0.5) is 29.1 Å². The lowest BCUT2D eigenvalue weighted by Gasteiger charge is -2.37. The Kier molecular flexibility index (Phi) is 8.10. The third kappa shape index (κ3) is 6.01. The van der Waals surface area contributed by atoms with Crippen molar-refractivity contribution in [3.63, 3.8) is 0 Å². The van der Waals surface area contributed by atoms with Crippen LogP contribution in [0.1, 0.15) is 24.0 Å². The molecule has 2 aliphatic heterocycles. The summed E-state index contributed by atoms with van der Waals surface area (Å²) < 4.78 is 54.3. The quantitative estimate of drug-likeness (QED) is 0.227. The molecule has 3 heterocycles. The van der Waals surface area contributed by atoms with Gasteiger partial charge in [0.05, 0.1) is 23.9 Å². The first kappa shape index (κ1) is 27.2. The van der Waals surface area contributed by atoms with Crippen LogP contribution in [0.5, 0.6) is 0 Å². The van der Waals surface area contributed by atoms with Gasteiger partial charge in [0.15, 0.2) is 0 Å². The number of nitrogen functional groups attached to an aromatic ring is 1. The molecule has 2 fully saturated rings. The molecule has 204 valence electrons. The van der Waals surface area contributed by atoms with E-state index < -0.39 is 17.6 Å². The Morgan fingerprint density at radius 2 is 1.92 bits per heavy atom. The summed E-state index contributed by atoms with van der Waals surface area (Å²) in [6, 6.07) is 6.36. The van der Waals surface area contributed by atoms with Crippen molar-refractivity contribution in [2.24, 2.45) is 10.7 Å². The molecule has 0 spiro atoms. The van der Waals surface area contributed by atoms with E-state index in [1.807, 2.05) is 9.80 Å². The normalized spacial score (nSPS) is 19.3. The van der Waals surface area contributed by atoms with Gasteiger partial charge in [0.25, 0.3) is 0 Å². The standard InChI is InChI=1S/C26H31F4N7O/c1-17(37-9-3-4-19(37)16-38)34-24(15-22(31)18-6-7-21(27)23(32)14-18)35-10-12-36(13-11-35)25-20(26(28,29)30)5-2-8-33-25/h2,5-8,14-15,19,38H,1,3-4,9-13,16,31-32H2/b22-15-,34-24+/t19-/m1/s1. The molecule has 0 saturated carbocycles. The molecule has 0 radical (unpaired) electrons. The van der Waals surface area contributed by atoms with E-state index in [1.165, 1.54) is 30.5 Å². The van der Waals surface area contributed by atoms with Gasteiger partial charge in [-0.05, 0) is 48.7 Å². The molecule has 4 rings (SSSR count). The number of benzene rings is 1. The largest absolute Gasteiger partial charge is 0.419 e. The number of aliphatic hydroxyl groups is 1. The number of aliphatic hydroxyl groups excluding tert-OH is 1. The molecule has 2 saturated heterocycles. The highest BCUT2D eigenvalue weighted by atomic mass is 19.4. The average molecular weight is 534 g/mol. The molecular weight excluding hydrogens is 502 g/mol. The van der Waals surface area contributed by atoms with Crippen LogP contribution in [0.15, 0.2) is 60.0 Å². The first-order valence-electron chi connectivity index (χ1n) is 12.3. The van der Waals surface area contributed by atoms with Crippen LogP contribution in [0.2, 0.25) is 0 Å². The van der Waals surface area contributed by atoms with Gasteiger partial charge in [-0.25, -0.2) is 14.4 Å². The van der Waals surface area contributed by atoms with Crippen LogP contribution >= 0.6 is 0 Å². The Balaban J connectivity index is 1.60. The Labute approximate surface area is 218 Å². The predicted molar refractivity (Wildman–Crippen MR) is 139 cm³/mol. The number of hydrogen-bond donors (Lipinski definition) is 3. The Morgan fingerprint density at radius 3 is 2.58 bits per heavy atom. The summed E-state index contributed by atoms with van der Waals surface area (Å²) in [6.07, 6.45) is 0.167. The van der Waals surface area contributed by atoms with Crippen molar-refractivity contribution in [2.75, 3.05) is 50.0 Å². The molecule has 2 aromatic rings. The Morgan fingerprint density at radius 1 is 1.18 bits per heavy atom. The van der Waals surface area contributed by atoms with Gasteiger partial charge in [-0.3, -0.25) is 0 Å². The molecule has 8 nitrogen and oxygen atoms in total. The molecule has 0 amide bonds. The molecule has 5 N–H and O–H groups in total. The SMILES string of the molecule is C=C(/N=C(\C=C(/N)c1ccc(F)c(N)c1)N1CCN(c2ncccc2C(F)(F)F)CC1)N1CCC[C@@H]1CO. The van der Waals surface area contributed by atoms with E-state index in [2.05, 4.69) is 11.6 Å². The van der Waals surface area contributed by atoms with Crippen LogP contribution in [0, 0.1) is 5.82 Å². The Hall–Kier alpha value is -3.80. The molecule has 12 heteroatoms. The topological polar surface area (TPSA) is 107 Å². The number of likely N-dealkylation sites (tertiary alicyclic amines) is 1. The van der Waals surface area contributed by atoms with Crippen molar-refractivity contribution >= 4 is 23.0 Å². The number of amidine groups is 1. The minimum atomic E-state index is -4.52. The third-order valence-electron chi connectivity index (χ3n) is 6.77. The maximum Gasteiger partial charge on any atom is 0.419 e. The second kappa shape index (κ2) is 11.3. The molecule has 0 bridgehead atoms. The van der Waals surface area contributed by atoms with Crippen LogP contribution in [0.25, 0.3) is 5.70 Å². The van der Waals surface area contributed by atoms with Crippen LogP contribution < -0.4 is 16.4 Å². The van der Waals surface area contributed by atoms with E-state index in [-0.39, 0.29) is 42.9 Å². The predicted octanol–water partition coefficient (Wildman–Crippen LogP) is 3.27. The molecule has 1 aromatic carbocycles.